The van der Waals surface area contributed by atoms with Crippen LogP contribution in [0.4, 0.5) is 22.0 Å². The molecule has 3 rings (SSSR count). The van der Waals surface area contributed by atoms with E-state index in [0.717, 1.165) is 34.2 Å². The third-order valence-electron chi connectivity index (χ3n) is 4.19. The summed E-state index contributed by atoms with van der Waals surface area (Å²) >= 11 is 8.14. The first-order chi connectivity index (χ1) is 12.7. The molecule has 144 valence electrons. The first-order valence-corrected chi connectivity index (χ1v) is 10.3. The smallest absolute Gasteiger partial charge is 0.415 e. The largest absolute Gasteiger partial charge is 0.443 e. The molecule has 1 saturated carbocycles. The zero-order valence-electron chi connectivity index (χ0n) is 15.5. The summed E-state index contributed by atoms with van der Waals surface area (Å²) in [5, 5.41) is 3.63. The van der Waals surface area contributed by atoms with Gasteiger partial charge in [0.1, 0.15) is 22.9 Å². The van der Waals surface area contributed by atoms with Crippen LogP contribution in [-0.4, -0.2) is 27.7 Å². The van der Waals surface area contributed by atoms with E-state index < -0.39 is 5.60 Å². The lowest BCUT2D eigenvalue weighted by Gasteiger charge is -2.38. The van der Waals surface area contributed by atoms with Gasteiger partial charge in [-0.05, 0) is 86.9 Å². The van der Waals surface area contributed by atoms with Crippen molar-refractivity contribution in [3.8, 4) is 0 Å². The molecule has 27 heavy (non-hydrogen) atoms. The molecule has 0 spiro atoms. The molecule has 0 atom stereocenters. The Morgan fingerprint density at radius 2 is 1.93 bits per heavy atom. The molecule has 8 heteroatoms. The second kappa shape index (κ2) is 8.18. The Kier molecular flexibility index (Phi) is 6.10. The highest BCUT2D eigenvalue weighted by Gasteiger charge is 2.33. The van der Waals surface area contributed by atoms with E-state index in [-0.39, 0.29) is 12.1 Å². The van der Waals surface area contributed by atoms with Crippen LogP contribution in [0.2, 0.25) is 5.15 Å². The summed E-state index contributed by atoms with van der Waals surface area (Å²) in [5.41, 5.74) is 1.16. The minimum Gasteiger partial charge on any atom is -0.443 e. The number of rotatable bonds is 4. The zero-order chi connectivity index (χ0) is 19.6. The van der Waals surface area contributed by atoms with Crippen LogP contribution < -0.4 is 10.2 Å². The SMILES string of the molecule is CC(C)(C)OC(=O)N(c1ccc(Nc2ncnc(Cl)c2I)cc1)C1CCC1. The molecule has 1 fully saturated rings. The van der Waals surface area contributed by atoms with Gasteiger partial charge in [0.2, 0.25) is 0 Å². The average Bonchev–Trinajstić information content (AvgIpc) is 2.54. The summed E-state index contributed by atoms with van der Waals surface area (Å²) in [5.74, 6) is 0.645. The van der Waals surface area contributed by atoms with Crippen molar-refractivity contribution in [1.82, 2.24) is 9.97 Å². The highest BCUT2D eigenvalue weighted by molar-refractivity contribution is 14.1. The maximum atomic E-state index is 12.7. The maximum absolute atomic E-state index is 12.7. The summed E-state index contributed by atoms with van der Waals surface area (Å²) in [4.78, 5) is 22.6. The van der Waals surface area contributed by atoms with Crippen LogP contribution in [0.1, 0.15) is 40.0 Å². The van der Waals surface area contributed by atoms with Crippen LogP contribution in [0.25, 0.3) is 0 Å². The number of carbonyl (C=O) groups is 1. The second-order valence-electron chi connectivity index (χ2n) is 7.43. The number of carbonyl (C=O) groups excluding carboxylic acids is 1. The Hall–Kier alpha value is -1.61. The number of nitrogens with zero attached hydrogens (tertiary/aromatic N) is 3. The van der Waals surface area contributed by atoms with E-state index in [2.05, 4.69) is 37.9 Å². The van der Waals surface area contributed by atoms with Crippen molar-refractivity contribution >= 4 is 57.5 Å². The van der Waals surface area contributed by atoms with Crippen molar-refractivity contribution in [2.24, 2.45) is 0 Å². The van der Waals surface area contributed by atoms with Gasteiger partial charge in [-0.15, -0.1) is 0 Å². The number of hydrogen-bond acceptors (Lipinski definition) is 5. The standard InChI is InChI=1S/C19H22ClIN4O2/c1-19(2,3)27-18(26)25(13-5-4-6-13)14-9-7-12(8-10-14)24-17-15(21)16(20)22-11-23-17/h7-11,13H,4-6H2,1-3H3,(H,22,23,24). The van der Waals surface area contributed by atoms with Gasteiger partial charge in [0.15, 0.2) is 0 Å². The normalized spacial score (nSPS) is 14.4. The van der Waals surface area contributed by atoms with Crippen LogP contribution >= 0.6 is 34.2 Å². The zero-order valence-corrected chi connectivity index (χ0v) is 18.4. The van der Waals surface area contributed by atoms with Crippen LogP contribution in [-0.2, 0) is 4.74 Å². The van der Waals surface area contributed by atoms with Crippen molar-refractivity contribution < 1.29 is 9.53 Å². The van der Waals surface area contributed by atoms with E-state index in [1.165, 1.54) is 6.33 Å². The number of aromatic nitrogens is 2. The molecule has 1 aliphatic carbocycles. The molecule has 0 bridgehead atoms. The molecule has 0 aliphatic heterocycles. The Labute approximate surface area is 177 Å². The van der Waals surface area contributed by atoms with Gasteiger partial charge in [-0.25, -0.2) is 14.8 Å². The monoisotopic (exact) mass is 500 g/mol. The number of hydrogen-bond donors (Lipinski definition) is 1. The molecule has 0 radical (unpaired) electrons. The van der Waals surface area contributed by atoms with E-state index >= 15 is 0 Å². The third kappa shape index (κ3) is 5.01. The van der Waals surface area contributed by atoms with Gasteiger partial charge < -0.3 is 10.1 Å². The highest BCUT2D eigenvalue weighted by atomic mass is 127. The van der Waals surface area contributed by atoms with E-state index in [4.69, 9.17) is 16.3 Å². The van der Waals surface area contributed by atoms with Gasteiger partial charge >= 0.3 is 6.09 Å². The number of amides is 1. The minimum absolute atomic E-state index is 0.195. The maximum Gasteiger partial charge on any atom is 0.415 e. The van der Waals surface area contributed by atoms with Crippen LogP contribution in [0.3, 0.4) is 0 Å². The van der Waals surface area contributed by atoms with Crippen molar-refractivity contribution in [2.45, 2.75) is 51.7 Å². The van der Waals surface area contributed by atoms with Crippen molar-refractivity contribution in [3.05, 3.63) is 39.3 Å². The second-order valence-corrected chi connectivity index (χ2v) is 8.87. The quantitative estimate of drug-likeness (QED) is 0.426. The number of halogens is 2. The Morgan fingerprint density at radius 3 is 2.48 bits per heavy atom. The Bertz CT molecular complexity index is 819. The highest BCUT2D eigenvalue weighted by Crippen LogP contribution is 2.32. The fourth-order valence-electron chi connectivity index (χ4n) is 2.70. The predicted octanol–water partition coefficient (Wildman–Crippen LogP) is 5.77. The molecule has 1 amide bonds. The molecule has 1 aliphatic rings. The van der Waals surface area contributed by atoms with Crippen LogP contribution in [0.5, 0.6) is 0 Å². The van der Waals surface area contributed by atoms with E-state index in [0.29, 0.717) is 11.0 Å². The summed E-state index contributed by atoms with van der Waals surface area (Å²) in [6.45, 7) is 5.64. The minimum atomic E-state index is -0.524. The Balaban J connectivity index is 1.79. The van der Waals surface area contributed by atoms with Gasteiger partial charge in [-0.1, -0.05) is 11.6 Å². The van der Waals surface area contributed by atoms with Crippen molar-refractivity contribution in [3.63, 3.8) is 0 Å². The molecule has 1 aromatic heterocycles. The Morgan fingerprint density at radius 1 is 1.26 bits per heavy atom. The van der Waals surface area contributed by atoms with Gasteiger partial charge in [-0.3, -0.25) is 4.90 Å². The summed E-state index contributed by atoms with van der Waals surface area (Å²) in [7, 11) is 0. The summed E-state index contributed by atoms with van der Waals surface area (Å²) in [6.07, 6.45) is 4.25. The third-order valence-corrected chi connectivity index (χ3v) is 5.81. The molecule has 6 nitrogen and oxygen atoms in total. The topological polar surface area (TPSA) is 67.3 Å². The number of nitrogens with one attached hydrogen (secondary N) is 1. The first-order valence-electron chi connectivity index (χ1n) is 8.80. The van der Waals surface area contributed by atoms with Gasteiger partial charge in [0.25, 0.3) is 0 Å². The first kappa shape index (κ1) is 20.1. The molecular formula is C19H22ClIN4O2. The van der Waals surface area contributed by atoms with Gasteiger partial charge in [0.05, 0.1) is 3.57 Å². The van der Waals surface area contributed by atoms with Crippen molar-refractivity contribution in [1.29, 1.82) is 0 Å². The molecule has 0 saturated heterocycles. The lowest BCUT2D eigenvalue weighted by molar-refractivity contribution is 0.0549. The number of benzene rings is 1. The lowest BCUT2D eigenvalue weighted by atomic mass is 9.91. The predicted molar refractivity (Wildman–Crippen MR) is 116 cm³/mol. The fourth-order valence-corrected chi connectivity index (χ4v) is 3.25. The van der Waals surface area contributed by atoms with E-state index in [1.807, 2.05) is 45.0 Å². The molecule has 1 aromatic carbocycles. The summed E-state index contributed by atoms with van der Waals surface area (Å²) in [6, 6.07) is 7.86. The van der Waals surface area contributed by atoms with Crippen LogP contribution in [0.15, 0.2) is 30.6 Å². The molecule has 1 N–H and O–H groups in total. The lowest BCUT2D eigenvalue weighted by Crippen LogP contribution is -2.46. The molecule has 2 aromatic rings. The molecular weight excluding hydrogens is 479 g/mol. The molecule has 0 unspecified atom stereocenters. The average molecular weight is 501 g/mol. The fraction of sp³-hybridized carbons (Fsp3) is 0.421. The van der Waals surface area contributed by atoms with Gasteiger partial charge in [0, 0.05) is 17.4 Å². The number of ether oxygens (including phenoxy) is 1. The van der Waals surface area contributed by atoms with E-state index in [9.17, 15) is 4.79 Å². The van der Waals surface area contributed by atoms with E-state index in [1.54, 1.807) is 4.90 Å². The summed E-state index contributed by atoms with van der Waals surface area (Å²) < 4.78 is 6.36. The van der Waals surface area contributed by atoms with Crippen LogP contribution in [0, 0.1) is 3.57 Å². The van der Waals surface area contributed by atoms with Crippen molar-refractivity contribution in [2.75, 3.05) is 10.2 Å². The number of anilines is 3. The van der Waals surface area contributed by atoms with Gasteiger partial charge in [-0.2, -0.15) is 0 Å². The molecule has 1 heterocycles.